The number of hydrogen-bond donors (Lipinski definition) is 2. The minimum absolute atomic E-state index is 0.0748. The summed E-state index contributed by atoms with van der Waals surface area (Å²) in [6, 6.07) is 6.65. The van der Waals surface area contributed by atoms with E-state index in [0.717, 1.165) is 31.2 Å². The van der Waals surface area contributed by atoms with E-state index in [4.69, 9.17) is 5.73 Å². The number of hydrogen-bond acceptors (Lipinski definition) is 2. The SMILES string of the molecule is CC(C)(N)C(=O)NCC1(c2ccc(F)cc2)CCCC1. The summed E-state index contributed by atoms with van der Waals surface area (Å²) < 4.78 is 13.1. The Bertz CT molecular complexity index is 470. The van der Waals surface area contributed by atoms with E-state index < -0.39 is 5.54 Å². The van der Waals surface area contributed by atoms with Crippen molar-refractivity contribution in [3.05, 3.63) is 35.6 Å². The minimum Gasteiger partial charge on any atom is -0.354 e. The van der Waals surface area contributed by atoms with Crippen LogP contribution in [-0.2, 0) is 10.2 Å². The molecule has 0 spiro atoms. The molecule has 1 amide bonds. The van der Waals surface area contributed by atoms with E-state index in [2.05, 4.69) is 5.32 Å². The number of carbonyl (C=O) groups excluding carboxylic acids is 1. The van der Waals surface area contributed by atoms with Crippen LogP contribution in [0.4, 0.5) is 4.39 Å². The van der Waals surface area contributed by atoms with Gasteiger partial charge in [0.25, 0.3) is 0 Å². The summed E-state index contributed by atoms with van der Waals surface area (Å²) in [5.74, 6) is -0.375. The first-order valence-electron chi connectivity index (χ1n) is 7.17. The van der Waals surface area contributed by atoms with Crippen LogP contribution in [0.3, 0.4) is 0 Å². The highest BCUT2D eigenvalue weighted by Crippen LogP contribution is 2.40. The lowest BCUT2D eigenvalue weighted by Crippen LogP contribution is -2.52. The van der Waals surface area contributed by atoms with Crippen LogP contribution in [0.2, 0.25) is 0 Å². The van der Waals surface area contributed by atoms with E-state index in [-0.39, 0.29) is 17.1 Å². The summed E-state index contributed by atoms with van der Waals surface area (Å²) in [7, 11) is 0. The van der Waals surface area contributed by atoms with E-state index in [1.54, 1.807) is 13.8 Å². The number of carbonyl (C=O) groups is 1. The van der Waals surface area contributed by atoms with Gasteiger partial charge in [-0.05, 0) is 44.4 Å². The largest absolute Gasteiger partial charge is 0.354 e. The summed E-state index contributed by atoms with van der Waals surface area (Å²) in [4.78, 5) is 12.0. The number of rotatable bonds is 4. The molecule has 1 saturated carbocycles. The highest BCUT2D eigenvalue weighted by atomic mass is 19.1. The maximum Gasteiger partial charge on any atom is 0.239 e. The van der Waals surface area contributed by atoms with Crippen LogP contribution >= 0.6 is 0 Å². The molecule has 0 aromatic heterocycles. The van der Waals surface area contributed by atoms with Crippen molar-refractivity contribution in [2.75, 3.05) is 6.54 Å². The number of benzene rings is 1. The third-order valence-corrected chi connectivity index (χ3v) is 4.19. The average molecular weight is 278 g/mol. The van der Waals surface area contributed by atoms with Crippen LogP contribution in [0.1, 0.15) is 45.1 Å². The first kappa shape index (κ1) is 15.0. The quantitative estimate of drug-likeness (QED) is 0.889. The zero-order valence-electron chi connectivity index (χ0n) is 12.2. The standard InChI is InChI=1S/C16H23FN2O/c1-15(2,18)14(20)19-11-16(9-3-4-10-16)12-5-7-13(17)8-6-12/h5-8H,3-4,9-11,18H2,1-2H3,(H,19,20). The van der Waals surface area contributed by atoms with Crippen molar-refractivity contribution < 1.29 is 9.18 Å². The lowest BCUT2D eigenvalue weighted by molar-refractivity contribution is -0.125. The van der Waals surface area contributed by atoms with Gasteiger partial charge >= 0.3 is 0 Å². The van der Waals surface area contributed by atoms with Crippen LogP contribution in [-0.4, -0.2) is 18.0 Å². The Morgan fingerprint density at radius 3 is 2.35 bits per heavy atom. The van der Waals surface area contributed by atoms with Gasteiger partial charge in [0.1, 0.15) is 5.82 Å². The maximum absolute atomic E-state index is 13.1. The van der Waals surface area contributed by atoms with Gasteiger partial charge < -0.3 is 11.1 Å². The highest BCUT2D eigenvalue weighted by molar-refractivity contribution is 5.85. The predicted octanol–water partition coefficient (Wildman–Crippen LogP) is 2.49. The molecule has 110 valence electrons. The topological polar surface area (TPSA) is 55.1 Å². The molecule has 1 aliphatic rings. The molecule has 0 saturated heterocycles. The molecule has 20 heavy (non-hydrogen) atoms. The summed E-state index contributed by atoms with van der Waals surface area (Å²) >= 11 is 0. The zero-order chi connectivity index (χ0) is 14.8. The highest BCUT2D eigenvalue weighted by Gasteiger charge is 2.36. The molecule has 0 heterocycles. The zero-order valence-corrected chi connectivity index (χ0v) is 12.2. The molecular weight excluding hydrogens is 255 g/mol. The van der Waals surface area contributed by atoms with Crippen LogP contribution < -0.4 is 11.1 Å². The van der Waals surface area contributed by atoms with E-state index >= 15 is 0 Å². The van der Waals surface area contributed by atoms with Crippen molar-refractivity contribution in [1.29, 1.82) is 0 Å². The summed E-state index contributed by atoms with van der Waals surface area (Å²) in [5, 5.41) is 2.96. The minimum atomic E-state index is -0.872. The van der Waals surface area contributed by atoms with E-state index in [0.29, 0.717) is 6.54 Å². The Morgan fingerprint density at radius 2 is 1.85 bits per heavy atom. The Morgan fingerprint density at radius 1 is 1.30 bits per heavy atom. The summed E-state index contributed by atoms with van der Waals surface area (Å²) in [6.07, 6.45) is 4.31. The monoisotopic (exact) mass is 278 g/mol. The Hall–Kier alpha value is -1.42. The molecule has 0 radical (unpaired) electrons. The van der Waals surface area contributed by atoms with Crippen molar-refractivity contribution >= 4 is 5.91 Å². The normalized spacial score (nSPS) is 18.0. The summed E-state index contributed by atoms with van der Waals surface area (Å²) in [6.45, 7) is 3.96. The van der Waals surface area contributed by atoms with Crippen molar-refractivity contribution in [3.63, 3.8) is 0 Å². The molecule has 3 N–H and O–H groups in total. The van der Waals surface area contributed by atoms with Gasteiger partial charge in [-0.25, -0.2) is 4.39 Å². The first-order chi connectivity index (χ1) is 9.33. The van der Waals surface area contributed by atoms with E-state index in [9.17, 15) is 9.18 Å². The number of nitrogens with two attached hydrogens (primary N) is 1. The molecule has 0 unspecified atom stereocenters. The lowest BCUT2D eigenvalue weighted by Gasteiger charge is -2.31. The van der Waals surface area contributed by atoms with Crippen molar-refractivity contribution in [3.8, 4) is 0 Å². The number of nitrogens with one attached hydrogen (secondary N) is 1. The van der Waals surface area contributed by atoms with Gasteiger partial charge in [-0.3, -0.25) is 4.79 Å². The number of halogens is 1. The van der Waals surface area contributed by atoms with Gasteiger partial charge in [-0.1, -0.05) is 25.0 Å². The second kappa shape index (κ2) is 5.52. The van der Waals surface area contributed by atoms with E-state index in [1.807, 2.05) is 12.1 Å². The number of amides is 1. The Labute approximate surface area is 119 Å². The fourth-order valence-corrected chi connectivity index (χ4v) is 2.90. The lowest BCUT2D eigenvalue weighted by atomic mass is 9.78. The molecule has 2 rings (SSSR count). The Balaban J connectivity index is 2.14. The van der Waals surface area contributed by atoms with Crippen LogP contribution in [0.15, 0.2) is 24.3 Å². The van der Waals surface area contributed by atoms with Gasteiger partial charge in [0.2, 0.25) is 5.91 Å². The second-order valence-electron chi connectivity index (χ2n) is 6.40. The fraction of sp³-hybridized carbons (Fsp3) is 0.562. The summed E-state index contributed by atoms with van der Waals surface area (Å²) in [5.41, 5.74) is 5.96. The second-order valence-corrected chi connectivity index (χ2v) is 6.40. The molecule has 1 fully saturated rings. The van der Waals surface area contributed by atoms with Crippen molar-refractivity contribution in [1.82, 2.24) is 5.32 Å². The van der Waals surface area contributed by atoms with E-state index in [1.165, 1.54) is 12.1 Å². The average Bonchev–Trinajstić information content (AvgIpc) is 2.85. The molecule has 0 atom stereocenters. The third kappa shape index (κ3) is 3.18. The van der Waals surface area contributed by atoms with Gasteiger partial charge in [0.05, 0.1) is 5.54 Å². The predicted molar refractivity (Wildman–Crippen MR) is 77.8 cm³/mol. The molecular formula is C16H23FN2O. The van der Waals surface area contributed by atoms with Crippen molar-refractivity contribution in [2.45, 2.75) is 50.5 Å². The molecule has 1 aliphatic carbocycles. The maximum atomic E-state index is 13.1. The molecule has 1 aromatic carbocycles. The van der Waals surface area contributed by atoms with Gasteiger partial charge in [-0.2, -0.15) is 0 Å². The van der Waals surface area contributed by atoms with Gasteiger partial charge in [0.15, 0.2) is 0 Å². The fourth-order valence-electron chi connectivity index (χ4n) is 2.90. The molecule has 1 aromatic rings. The molecule has 0 bridgehead atoms. The molecule has 0 aliphatic heterocycles. The van der Waals surface area contributed by atoms with Gasteiger partial charge in [-0.15, -0.1) is 0 Å². The van der Waals surface area contributed by atoms with Crippen molar-refractivity contribution in [2.24, 2.45) is 5.73 Å². The first-order valence-corrected chi connectivity index (χ1v) is 7.17. The third-order valence-electron chi connectivity index (χ3n) is 4.19. The van der Waals surface area contributed by atoms with Crippen LogP contribution in [0.5, 0.6) is 0 Å². The van der Waals surface area contributed by atoms with Crippen LogP contribution in [0, 0.1) is 5.82 Å². The van der Waals surface area contributed by atoms with Crippen LogP contribution in [0.25, 0.3) is 0 Å². The smallest absolute Gasteiger partial charge is 0.239 e. The molecule has 3 nitrogen and oxygen atoms in total. The molecule has 4 heteroatoms. The Kier molecular flexibility index (Phi) is 4.14. The van der Waals surface area contributed by atoms with Gasteiger partial charge in [0, 0.05) is 12.0 Å².